The first kappa shape index (κ1) is 13.4. The van der Waals surface area contributed by atoms with Crippen molar-refractivity contribution in [2.75, 3.05) is 0 Å². The number of carboxylic acid groups (broad SMARTS) is 1. The first-order valence-electron chi connectivity index (χ1n) is 5.28. The normalized spacial score (nSPS) is 10.1. The van der Waals surface area contributed by atoms with E-state index in [1.165, 1.54) is 6.07 Å². The number of hydrogen-bond donors (Lipinski definition) is 1. The second-order valence-electron chi connectivity index (χ2n) is 3.66. The summed E-state index contributed by atoms with van der Waals surface area (Å²) < 4.78 is 18.2. The number of ether oxygens (including phenoxy) is 1. The number of benzene rings is 1. The summed E-state index contributed by atoms with van der Waals surface area (Å²) in [5.41, 5.74) is -0.597. The van der Waals surface area contributed by atoms with Crippen LogP contribution in [-0.2, 0) is 0 Å². The third-order valence-corrected chi connectivity index (χ3v) is 2.32. The number of hydrogen-bond acceptors (Lipinski definition) is 5. The Morgan fingerprint density at radius 2 is 2.10 bits per heavy atom. The van der Waals surface area contributed by atoms with Crippen molar-refractivity contribution in [3.05, 3.63) is 58.0 Å². The third-order valence-electron chi connectivity index (χ3n) is 2.32. The van der Waals surface area contributed by atoms with Crippen molar-refractivity contribution in [1.82, 2.24) is 4.98 Å². The molecule has 0 aliphatic carbocycles. The van der Waals surface area contributed by atoms with Crippen molar-refractivity contribution in [3.63, 3.8) is 0 Å². The maximum atomic E-state index is 13.0. The van der Waals surface area contributed by atoms with Gasteiger partial charge < -0.3 is 9.84 Å². The van der Waals surface area contributed by atoms with Gasteiger partial charge in [-0.3, -0.25) is 10.1 Å². The van der Waals surface area contributed by atoms with E-state index in [2.05, 4.69) is 4.98 Å². The van der Waals surface area contributed by atoms with Crippen molar-refractivity contribution in [1.29, 1.82) is 0 Å². The van der Waals surface area contributed by atoms with Gasteiger partial charge in [-0.2, -0.15) is 0 Å². The summed E-state index contributed by atoms with van der Waals surface area (Å²) in [5.74, 6) is -2.22. The second kappa shape index (κ2) is 5.31. The number of carboxylic acids is 1. The van der Waals surface area contributed by atoms with E-state index in [0.717, 1.165) is 30.5 Å². The molecular weight excluding hydrogens is 271 g/mol. The zero-order chi connectivity index (χ0) is 14.7. The molecule has 0 aliphatic heterocycles. The number of aromatic nitrogens is 1. The lowest BCUT2D eigenvalue weighted by Crippen LogP contribution is -2.01. The van der Waals surface area contributed by atoms with Gasteiger partial charge in [0.05, 0.1) is 4.92 Å². The van der Waals surface area contributed by atoms with Crippen LogP contribution in [0.25, 0.3) is 0 Å². The predicted octanol–water partition coefficient (Wildman–Crippen LogP) is 2.62. The first-order chi connectivity index (χ1) is 9.47. The molecule has 0 spiro atoms. The molecule has 1 aromatic carbocycles. The van der Waals surface area contributed by atoms with Gasteiger partial charge in [0.15, 0.2) is 0 Å². The minimum atomic E-state index is -1.36. The lowest BCUT2D eigenvalue weighted by molar-refractivity contribution is -0.385. The average Bonchev–Trinajstić information content (AvgIpc) is 2.41. The SMILES string of the molecule is O=C(O)c1cc(F)ccc1Oc1ccc([N+](=O)[O-])cn1. The van der Waals surface area contributed by atoms with Crippen LogP contribution in [0.15, 0.2) is 36.5 Å². The van der Waals surface area contributed by atoms with E-state index in [1.54, 1.807) is 0 Å². The highest BCUT2D eigenvalue weighted by molar-refractivity contribution is 5.90. The molecular formula is C12H7FN2O5. The van der Waals surface area contributed by atoms with Crippen molar-refractivity contribution in [2.24, 2.45) is 0 Å². The van der Waals surface area contributed by atoms with Gasteiger partial charge in [-0.05, 0) is 18.2 Å². The minimum Gasteiger partial charge on any atom is -0.478 e. The number of nitrogens with zero attached hydrogens (tertiary/aromatic N) is 2. The zero-order valence-corrected chi connectivity index (χ0v) is 9.82. The minimum absolute atomic E-state index is 0.0373. The fourth-order valence-corrected chi connectivity index (χ4v) is 1.41. The van der Waals surface area contributed by atoms with Crippen molar-refractivity contribution in [3.8, 4) is 11.6 Å². The molecule has 2 aromatic rings. The average molecular weight is 278 g/mol. The molecule has 1 aromatic heterocycles. The molecule has 0 fully saturated rings. The number of halogens is 1. The molecule has 0 atom stereocenters. The lowest BCUT2D eigenvalue weighted by Gasteiger charge is -2.07. The Labute approximate surface area is 111 Å². The topological polar surface area (TPSA) is 103 Å². The monoisotopic (exact) mass is 278 g/mol. The molecule has 0 saturated heterocycles. The molecule has 0 amide bonds. The van der Waals surface area contributed by atoms with Gasteiger partial charge in [0.2, 0.25) is 5.88 Å². The number of pyridine rings is 1. The number of nitro groups is 1. The summed E-state index contributed by atoms with van der Waals surface area (Å²) in [7, 11) is 0. The molecule has 20 heavy (non-hydrogen) atoms. The molecule has 8 heteroatoms. The van der Waals surface area contributed by atoms with Crippen LogP contribution in [0.2, 0.25) is 0 Å². The number of aromatic carboxylic acids is 1. The molecule has 0 unspecified atom stereocenters. The Bertz CT molecular complexity index is 672. The van der Waals surface area contributed by atoms with E-state index in [-0.39, 0.29) is 22.9 Å². The van der Waals surface area contributed by atoms with Gasteiger partial charge in [-0.25, -0.2) is 14.2 Å². The molecule has 0 radical (unpaired) electrons. The van der Waals surface area contributed by atoms with Crippen LogP contribution in [-0.4, -0.2) is 21.0 Å². The van der Waals surface area contributed by atoms with Crippen LogP contribution in [0.3, 0.4) is 0 Å². The van der Waals surface area contributed by atoms with Gasteiger partial charge in [-0.15, -0.1) is 0 Å². The van der Waals surface area contributed by atoms with E-state index >= 15 is 0 Å². The largest absolute Gasteiger partial charge is 0.478 e. The van der Waals surface area contributed by atoms with Crippen molar-refractivity contribution in [2.45, 2.75) is 0 Å². The van der Waals surface area contributed by atoms with Gasteiger partial charge in [0.25, 0.3) is 5.69 Å². The first-order valence-corrected chi connectivity index (χ1v) is 5.28. The Morgan fingerprint density at radius 3 is 2.65 bits per heavy atom. The highest BCUT2D eigenvalue weighted by Gasteiger charge is 2.14. The summed E-state index contributed by atoms with van der Waals surface area (Å²) in [6.07, 6.45) is 0.972. The Balaban J connectivity index is 2.30. The highest BCUT2D eigenvalue weighted by atomic mass is 19.1. The van der Waals surface area contributed by atoms with Gasteiger partial charge in [-0.1, -0.05) is 0 Å². The zero-order valence-electron chi connectivity index (χ0n) is 9.82. The Morgan fingerprint density at radius 1 is 1.35 bits per heavy atom. The van der Waals surface area contributed by atoms with E-state index in [1.807, 2.05) is 0 Å². The summed E-state index contributed by atoms with van der Waals surface area (Å²) >= 11 is 0. The van der Waals surface area contributed by atoms with Crippen molar-refractivity contribution < 1.29 is 24.0 Å². The smallest absolute Gasteiger partial charge is 0.339 e. The Hall–Kier alpha value is -3.03. The molecule has 102 valence electrons. The van der Waals surface area contributed by atoms with Crippen LogP contribution < -0.4 is 4.74 Å². The van der Waals surface area contributed by atoms with Gasteiger partial charge in [0, 0.05) is 12.1 Å². The molecule has 1 N–H and O–H groups in total. The standard InChI is InChI=1S/C12H7FN2O5/c13-7-1-3-10(9(5-7)12(16)17)20-11-4-2-8(6-14-11)15(18)19/h1-6H,(H,16,17). The number of rotatable bonds is 4. The van der Waals surface area contributed by atoms with Gasteiger partial charge >= 0.3 is 5.97 Å². The maximum absolute atomic E-state index is 13.0. The molecule has 0 aliphatic rings. The van der Waals surface area contributed by atoms with E-state index in [4.69, 9.17) is 9.84 Å². The summed E-state index contributed by atoms with van der Waals surface area (Å²) in [6, 6.07) is 5.36. The van der Waals surface area contributed by atoms with Crippen LogP contribution >= 0.6 is 0 Å². The van der Waals surface area contributed by atoms with Crippen LogP contribution in [0, 0.1) is 15.9 Å². The van der Waals surface area contributed by atoms with Crippen LogP contribution in [0.4, 0.5) is 10.1 Å². The predicted molar refractivity (Wildman–Crippen MR) is 64.3 cm³/mol. The molecule has 7 nitrogen and oxygen atoms in total. The third kappa shape index (κ3) is 2.86. The van der Waals surface area contributed by atoms with Gasteiger partial charge in [0.1, 0.15) is 23.3 Å². The van der Waals surface area contributed by atoms with Crippen molar-refractivity contribution >= 4 is 11.7 Å². The summed E-state index contributed by atoms with van der Waals surface area (Å²) in [5, 5.41) is 19.4. The van der Waals surface area contributed by atoms with E-state index in [0.29, 0.717) is 0 Å². The molecule has 2 rings (SSSR count). The van der Waals surface area contributed by atoms with E-state index in [9.17, 15) is 19.3 Å². The second-order valence-corrected chi connectivity index (χ2v) is 3.66. The highest BCUT2D eigenvalue weighted by Crippen LogP contribution is 2.25. The Kier molecular flexibility index (Phi) is 3.56. The molecule has 1 heterocycles. The summed E-state index contributed by atoms with van der Waals surface area (Å²) in [6.45, 7) is 0. The fraction of sp³-hybridized carbons (Fsp3) is 0. The number of carbonyl (C=O) groups is 1. The van der Waals surface area contributed by atoms with Crippen LogP contribution in [0.1, 0.15) is 10.4 Å². The quantitative estimate of drug-likeness (QED) is 0.681. The summed E-state index contributed by atoms with van der Waals surface area (Å²) in [4.78, 5) is 24.4. The molecule has 0 saturated carbocycles. The molecule has 0 bridgehead atoms. The van der Waals surface area contributed by atoms with E-state index < -0.39 is 16.7 Å². The maximum Gasteiger partial charge on any atom is 0.339 e. The van der Waals surface area contributed by atoms with Crippen LogP contribution in [0.5, 0.6) is 11.6 Å². The fourth-order valence-electron chi connectivity index (χ4n) is 1.41. The lowest BCUT2D eigenvalue weighted by atomic mass is 10.2.